The third-order valence-corrected chi connectivity index (χ3v) is 6.26. The van der Waals surface area contributed by atoms with Crippen molar-refractivity contribution in [1.82, 2.24) is 9.88 Å². The van der Waals surface area contributed by atoms with Gasteiger partial charge in [0, 0.05) is 13.1 Å². The van der Waals surface area contributed by atoms with Crippen molar-refractivity contribution < 1.29 is 19.0 Å². The molecule has 6 nitrogen and oxygen atoms in total. The molecule has 0 atom stereocenters. The van der Waals surface area contributed by atoms with Gasteiger partial charge in [0.25, 0.3) is 5.91 Å². The number of nitrogens with zero attached hydrogens (tertiary/aromatic N) is 1. The molecule has 1 aliphatic heterocycles. The van der Waals surface area contributed by atoms with Crippen LogP contribution in [0.1, 0.15) is 21.6 Å². The molecule has 2 aromatic heterocycles. The predicted octanol–water partition coefficient (Wildman–Crippen LogP) is 4.46. The van der Waals surface area contributed by atoms with E-state index in [1.54, 1.807) is 18.4 Å². The first-order chi connectivity index (χ1) is 15.2. The van der Waals surface area contributed by atoms with Crippen LogP contribution < -0.4 is 19.5 Å². The van der Waals surface area contributed by atoms with Crippen molar-refractivity contribution in [3.05, 3.63) is 76.8 Å². The van der Waals surface area contributed by atoms with Gasteiger partial charge < -0.3 is 24.1 Å². The molecule has 0 fully saturated rings. The first-order valence-electron chi connectivity index (χ1n) is 10.1. The molecule has 0 aliphatic carbocycles. The van der Waals surface area contributed by atoms with Crippen LogP contribution in [0.2, 0.25) is 0 Å². The Morgan fingerprint density at radius 3 is 2.90 bits per heavy atom. The molecule has 31 heavy (non-hydrogen) atoms. The van der Waals surface area contributed by atoms with Crippen LogP contribution in [0.3, 0.4) is 0 Å². The largest absolute Gasteiger partial charge is 0.496 e. The second kappa shape index (κ2) is 8.35. The van der Waals surface area contributed by atoms with E-state index >= 15 is 0 Å². The van der Waals surface area contributed by atoms with Crippen LogP contribution in [0.5, 0.6) is 17.2 Å². The molecule has 0 bridgehead atoms. The molecule has 3 heterocycles. The molecule has 7 heteroatoms. The van der Waals surface area contributed by atoms with E-state index in [2.05, 4.69) is 16.0 Å². The zero-order chi connectivity index (χ0) is 21.2. The number of ether oxygens (including phenoxy) is 3. The molecule has 4 aromatic rings. The molecule has 1 aliphatic rings. The maximum atomic E-state index is 13.1. The van der Waals surface area contributed by atoms with Crippen molar-refractivity contribution >= 4 is 27.5 Å². The van der Waals surface area contributed by atoms with Gasteiger partial charge in [0.05, 0.1) is 17.3 Å². The molecule has 0 unspecified atom stereocenters. The maximum absolute atomic E-state index is 13.1. The van der Waals surface area contributed by atoms with Crippen molar-refractivity contribution in [2.75, 3.05) is 20.4 Å². The van der Waals surface area contributed by atoms with Gasteiger partial charge in [-0.15, -0.1) is 11.3 Å². The van der Waals surface area contributed by atoms with E-state index in [0.717, 1.165) is 38.6 Å². The summed E-state index contributed by atoms with van der Waals surface area (Å²) in [4.78, 5) is 13.1. The summed E-state index contributed by atoms with van der Waals surface area (Å²) in [5.41, 5.74) is 3.83. The van der Waals surface area contributed by atoms with Gasteiger partial charge in [-0.25, -0.2) is 0 Å². The molecular formula is C24H22N2O4S. The third-order valence-electron chi connectivity index (χ3n) is 5.41. The molecule has 1 amide bonds. The Kier molecular flexibility index (Phi) is 5.26. The molecule has 0 saturated heterocycles. The van der Waals surface area contributed by atoms with Crippen LogP contribution >= 0.6 is 11.3 Å². The SMILES string of the molecule is COc1ccccc1CCNC(=O)c1cc2sccc2n1Cc1ccc2c(c1)OCO2. The summed E-state index contributed by atoms with van der Waals surface area (Å²) in [5.74, 6) is 2.25. The van der Waals surface area contributed by atoms with Crippen molar-refractivity contribution in [3.63, 3.8) is 0 Å². The van der Waals surface area contributed by atoms with Crippen molar-refractivity contribution in [2.24, 2.45) is 0 Å². The number of methoxy groups -OCH3 is 1. The van der Waals surface area contributed by atoms with Gasteiger partial charge in [-0.05, 0) is 53.3 Å². The number of nitrogens with one attached hydrogen (secondary N) is 1. The van der Waals surface area contributed by atoms with E-state index in [0.29, 0.717) is 25.2 Å². The summed E-state index contributed by atoms with van der Waals surface area (Å²) in [6, 6.07) is 17.8. The molecule has 0 saturated carbocycles. The van der Waals surface area contributed by atoms with E-state index < -0.39 is 0 Å². The van der Waals surface area contributed by atoms with Gasteiger partial charge in [-0.1, -0.05) is 24.3 Å². The monoisotopic (exact) mass is 434 g/mol. The Bertz CT molecular complexity index is 1240. The van der Waals surface area contributed by atoms with Crippen LogP contribution in [0.4, 0.5) is 0 Å². The van der Waals surface area contributed by atoms with E-state index in [4.69, 9.17) is 14.2 Å². The highest BCUT2D eigenvalue weighted by Gasteiger charge is 2.18. The van der Waals surface area contributed by atoms with Gasteiger partial charge in [0.1, 0.15) is 11.4 Å². The van der Waals surface area contributed by atoms with Gasteiger partial charge in [-0.3, -0.25) is 4.79 Å². The van der Waals surface area contributed by atoms with E-state index in [-0.39, 0.29) is 12.7 Å². The third kappa shape index (κ3) is 3.84. The number of para-hydroxylation sites is 1. The summed E-state index contributed by atoms with van der Waals surface area (Å²) in [5, 5.41) is 5.11. The van der Waals surface area contributed by atoms with Crippen molar-refractivity contribution in [2.45, 2.75) is 13.0 Å². The molecule has 0 spiro atoms. The summed E-state index contributed by atoms with van der Waals surface area (Å²) in [7, 11) is 1.66. The fourth-order valence-corrected chi connectivity index (χ4v) is 4.69. The van der Waals surface area contributed by atoms with Crippen molar-refractivity contribution in [3.8, 4) is 17.2 Å². The number of hydrogen-bond acceptors (Lipinski definition) is 5. The molecule has 0 radical (unpaired) electrons. The van der Waals surface area contributed by atoms with E-state index in [1.165, 1.54) is 0 Å². The average Bonchev–Trinajstić information content (AvgIpc) is 3.51. The number of hydrogen-bond donors (Lipinski definition) is 1. The van der Waals surface area contributed by atoms with E-state index in [1.807, 2.05) is 53.9 Å². The maximum Gasteiger partial charge on any atom is 0.267 e. The zero-order valence-corrected chi connectivity index (χ0v) is 17.9. The Hall–Kier alpha value is -3.45. The number of fused-ring (bicyclic) bond motifs is 2. The van der Waals surface area contributed by atoms with E-state index in [9.17, 15) is 4.79 Å². The summed E-state index contributed by atoms with van der Waals surface area (Å²) in [6.45, 7) is 1.35. The lowest BCUT2D eigenvalue weighted by atomic mass is 10.1. The Morgan fingerprint density at radius 1 is 1.13 bits per heavy atom. The minimum absolute atomic E-state index is 0.0842. The highest BCUT2D eigenvalue weighted by atomic mass is 32.1. The number of aromatic nitrogens is 1. The number of benzene rings is 2. The summed E-state index contributed by atoms with van der Waals surface area (Å²) < 4.78 is 19.5. The van der Waals surface area contributed by atoms with Gasteiger partial charge >= 0.3 is 0 Å². The highest BCUT2D eigenvalue weighted by Crippen LogP contribution is 2.33. The standard InChI is InChI=1S/C24H22N2O4S/c1-28-20-5-3-2-4-17(20)8-10-25-24(27)19-13-23-18(9-11-31-23)26(19)14-16-6-7-21-22(12-16)30-15-29-21/h2-7,9,11-13H,8,10,14-15H2,1H3,(H,25,27). The van der Waals surface area contributed by atoms with Crippen LogP contribution in [-0.2, 0) is 13.0 Å². The lowest BCUT2D eigenvalue weighted by Crippen LogP contribution is -2.28. The minimum atomic E-state index is -0.0842. The topological polar surface area (TPSA) is 61.7 Å². The number of rotatable bonds is 7. The first-order valence-corrected chi connectivity index (χ1v) is 11.0. The van der Waals surface area contributed by atoms with Crippen LogP contribution in [-0.4, -0.2) is 30.9 Å². The smallest absolute Gasteiger partial charge is 0.267 e. The minimum Gasteiger partial charge on any atom is -0.496 e. The predicted molar refractivity (Wildman–Crippen MR) is 121 cm³/mol. The molecule has 5 rings (SSSR count). The first kappa shape index (κ1) is 19.5. The number of amides is 1. The number of carbonyl (C=O) groups is 1. The van der Waals surface area contributed by atoms with Gasteiger partial charge in [0.2, 0.25) is 6.79 Å². The number of thiophene rings is 1. The lowest BCUT2D eigenvalue weighted by molar-refractivity contribution is 0.0945. The highest BCUT2D eigenvalue weighted by molar-refractivity contribution is 7.17. The second-order valence-corrected chi connectivity index (χ2v) is 8.24. The molecule has 1 N–H and O–H groups in total. The average molecular weight is 435 g/mol. The molecule has 2 aromatic carbocycles. The normalized spacial score (nSPS) is 12.3. The summed E-state index contributed by atoms with van der Waals surface area (Å²) >= 11 is 1.63. The molecular weight excluding hydrogens is 412 g/mol. The Balaban J connectivity index is 1.35. The van der Waals surface area contributed by atoms with Crippen LogP contribution in [0, 0.1) is 0 Å². The molecule has 158 valence electrons. The fourth-order valence-electron chi connectivity index (χ4n) is 3.87. The van der Waals surface area contributed by atoms with Gasteiger partial charge in [-0.2, -0.15) is 0 Å². The second-order valence-electron chi connectivity index (χ2n) is 7.29. The fraction of sp³-hybridized carbons (Fsp3) is 0.208. The lowest BCUT2D eigenvalue weighted by Gasteiger charge is -2.12. The van der Waals surface area contributed by atoms with Crippen molar-refractivity contribution in [1.29, 1.82) is 0 Å². The van der Waals surface area contributed by atoms with Gasteiger partial charge in [0.15, 0.2) is 11.5 Å². The quantitative estimate of drug-likeness (QED) is 0.467. The number of carbonyl (C=O) groups excluding carboxylic acids is 1. The van der Waals surface area contributed by atoms with Crippen LogP contribution in [0.25, 0.3) is 10.2 Å². The summed E-state index contributed by atoms with van der Waals surface area (Å²) in [6.07, 6.45) is 0.701. The Morgan fingerprint density at radius 2 is 2.00 bits per heavy atom. The Labute approximate surface area is 184 Å². The van der Waals surface area contributed by atoms with Crippen LogP contribution in [0.15, 0.2) is 60.0 Å². The zero-order valence-electron chi connectivity index (χ0n) is 17.1.